The maximum atomic E-state index is 11.7. The van der Waals surface area contributed by atoms with Gasteiger partial charge in [0.05, 0.1) is 0 Å². The van der Waals surface area contributed by atoms with Crippen molar-refractivity contribution in [3.8, 4) is 0 Å². The highest BCUT2D eigenvalue weighted by Crippen LogP contribution is 2.03. The molecular weight excluding hydrogens is 272 g/mol. The number of pyridine rings is 1. The second kappa shape index (κ2) is 6.74. The van der Waals surface area contributed by atoms with Crippen LogP contribution in [-0.4, -0.2) is 15.9 Å². The Balaban J connectivity index is 1.83. The van der Waals surface area contributed by atoms with Gasteiger partial charge in [-0.1, -0.05) is 42.0 Å². The Bertz CT molecular complexity index is 598. The van der Waals surface area contributed by atoms with Gasteiger partial charge in [-0.05, 0) is 19.1 Å². The third-order valence-electron chi connectivity index (χ3n) is 2.61. The van der Waals surface area contributed by atoms with Gasteiger partial charge in [0.25, 0.3) is 5.91 Å². The van der Waals surface area contributed by atoms with Crippen molar-refractivity contribution >= 4 is 23.1 Å². The van der Waals surface area contributed by atoms with Gasteiger partial charge in [0.1, 0.15) is 4.99 Å². The van der Waals surface area contributed by atoms with Crippen molar-refractivity contribution in [3.05, 3.63) is 65.5 Å². The van der Waals surface area contributed by atoms with Crippen molar-refractivity contribution in [2.45, 2.75) is 6.92 Å². The smallest absolute Gasteiger partial charge is 0.266 e. The highest BCUT2D eigenvalue weighted by molar-refractivity contribution is 7.80. The summed E-state index contributed by atoms with van der Waals surface area (Å²) >= 11 is 5.20. The van der Waals surface area contributed by atoms with Crippen LogP contribution in [0, 0.1) is 6.92 Å². The second-order valence-electron chi connectivity index (χ2n) is 4.14. The first-order valence-corrected chi connectivity index (χ1v) is 6.40. The second-order valence-corrected chi connectivity index (χ2v) is 4.54. The van der Waals surface area contributed by atoms with Crippen molar-refractivity contribution in [2.24, 2.45) is 0 Å². The Labute approximate surface area is 122 Å². The molecule has 1 amide bonds. The van der Waals surface area contributed by atoms with Crippen LogP contribution >= 0.6 is 12.2 Å². The lowest BCUT2D eigenvalue weighted by molar-refractivity contribution is 0.0929. The molecule has 102 valence electrons. The van der Waals surface area contributed by atoms with E-state index in [2.05, 4.69) is 21.4 Å². The molecule has 0 spiro atoms. The molecule has 5 nitrogen and oxygen atoms in total. The molecule has 0 aliphatic rings. The third kappa shape index (κ3) is 3.84. The van der Waals surface area contributed by atoms with Gasteiger partial charge in [0.15, 0.2) is 0 Å². The minimum atomic E-state index is -0.272. The molecule has 3 N–H and O–H groups in total. The maximum absolute atomic E-state index is 11.7. The fourth-order valence-electron chi connectivity index (χ4n) is 1.50. The minimum Gasteiger partial charge on any atom is -0.294 e. The Morgan fingerprint density at radius 2 is 1.65 bits per heavy atom. The molecule has 0 saturated heterocycles. The number of carbonyl (C=O) groups excluding carboxylic acids is 1. The fraction of sp³-hybridized carbons (Fsp3) is 0.0714. The largest absolute Gasteiger partial charge is 0.294 e. The van der Waals surface area contributed by atoms with Gasteiger partial charge in [-0.2, -0.15) is 0 Å². The molecule has 2 rings (SSSR count). The van der Waals surface area contributed by atoms with E-state index in [1.54, 1.807) is 24.5 Å². The van der Waals surface area contributed by atoms with Crippen molar-refractivity contribution in [2.75, 3.05) is 0 Å². The summed E-state index contributed by atoms with van der Waals surface area (Å²) in [6, 6.07) is 11.0. The van der Waals surface area contributed by atoms with Gasteiger partial charge in [-0.25, -0.2) is 0 Å². The lowest BCUT2D eigenvalue weighted by Crippen LogP contribution is -2.48. The van der Waals surface area contributed by atoms with E-state index in [1.165, 1.54) is 0 Å². The van der Waals surface area contributed by atoms with E-state index in [0.29, 0.717) is 10.6 Å². The van der Waals surface area contributed by atoms with Crippen LogP contribution in [0.5, 0.6) is 0 Å². The van der Waals surface area contributed by atoms with Crippen LogP contribution in [0.3, 0.4) is 0 Å². The Kier molecular flexibility index (Phi) is 4.75. The zero-order chi connectivity index (χ0) is 14.4. The molecule has 0 saturated carbocycles. The standard InChI is InChI=1S/C14H14N4OS/c1-10-2-4-12(5-3-10)14(20)17-18-16-13(19)11-6-8-15-9-7-11/h2-9,18H,1H3,(H,16,19)(H,17,20). The van der Waals surface area contributed by atoms with Crippen molar-refractivity contribution < 1.29 is 4.79 Å². The molecule has 0 fully saturated rings. The molecule has 0 atom stereocenters. The SMILES string of the molecule is Cc1ccc(C(=S)NNNC(=O)c2ccncc2)cc1. The predicted molar refractivity (Wildman–Crippen MR) is 80.9 cm³/mol. The molecule has 2 aromatic rings. The molecule has 0 unspecified atom stereocenters. The van der Waals surface area contributed by atoms with E-state index < -0.39 is 0 Å². The molecule has 0 aliphatic carbocycles. The van der Waals surface area contributed by atoms with Gasteiger partial charge in [0.2, 0.25) is 0 Å². The summed E-state index contributed by atoms with van der Waals surface area (Å²) in [6.07, 6.45) is 3.11. The first-order chi connectivity index (χ1) is 9.66. The quantitative estimate of drug-likeness (QED) is 0.587. The number of rotatable bonds is 4. The first-order valence-electron chi connectivity index (χ1n) is 5.99. The molecule has 0 bridgehead atoms. The number of amides is 1. The topological polar surface area (TPSA) is 66.0 Å². The van der Waals surface area contributed by atoms with Gasteiger partial charge in [-0.3, -0.25) is 20.6 Å². The summed E-state index contributed by atoms with van der Waals surface area (Å²) in [4.78, 5) is 16.1. The minimum absolute atomic E-state index is 0.272. The summed E-state index contributed by atoms with van der Waals surface area (Å²) in [5.41, 5.74) is 10.4. The number of hydrogen-bond acceptors (Lipinski definition) is 4. The van der Waals surface area contributed by atoms with Crippen LogP contribution in [0.15, 0.2) is 48.8 Å². The van der Waals surface area contributed by atoms with Gasteiger partial charge >= 0.3 is 0 Å². The van der Waals surface area contributed by atoms with Crippen LogP contribution in [-0.2, 0) is 0 Å². The van der Waals surface area contributed by atoms with Crippen LogP contribution < -0.4 is 16.4 Å². The summed E-state index contributed by atoms with van der Waals surface area (Å²) in [7, 11) is 0. The number of hydrazine groups is 2. The van der Waals surface area contributed by atoms with E-state index in [9.17, 15) is 4.79 Å². The number of nitrogens with zero attached hydrogens (tertiary/aromatic N) is 1. The van der Waals surface area contributed by atoms with E-state index in [1.807, 2.05) is 31.2 Å². The lowest BCUT2D eigenvalue weighted by Gasteiger charge is -2.11. The number of benzene rings is 1. The van der Waals surface area contributed by atoms with Crippen LogP contribution in [0.25, 0.3) is 0 Å². The molecule has 0 radical (unpaired) electrons. The number of carbonyl (C=O) groups is 1. The summed E-state index contributed by atoms with van der Waals surface area (Å²) < 4.78 is 0. The first kappa shape index (κ1) is 14.1. The molecule has 20 heavy (non-hydrogen) atoms. The number of nitrogens with one attached hydrogen (secondary N) is 3. The average Bonchev–Trinajstić information content (AvgIpc) is 2.48. The third-order valence-corrected chi connectivity index (χ3v) is 2.95. The van der Waals surface area contributed by atoms with Gasteiger partial charge in [-0.15, -0.1) is 5.53 Å². The molecule has 1 aromatic carbocycles. The number of aromatic nitrogens is 1. The van der Waals surface area contributed by atoms with Crippen LogP contribution in [0.4, 0.5) is 0 Å². The lowest BCUT2D eigenvalue weighted by atomic mass is 10.1. The van der Waals surface area contributed by atoms with Crippen molar-refractivity contribution in [1.29, 1.82) is 0 Å². The predicted octanol–water partition coefficient (Wildman–Crippen LogP) is 1.50. The monoisotopic (exact) mass is 286 g/mol. The summed E-state index contributed by atoms with van der Waals surface area (Å²) in [5.74, 6) is -0.272. The number of aryl methyl sites for hydroxylation is 1. The Hall–Kier alpha value is -2.31. The van der Waals surface area contributed by atoms with Crippen molar-refractivity contribution in [1.82, 2.24) is 21.4 Å². The fourth-order valence-corrected chi connectivity index (χ4v) is 1.68. The molecule has 1 heterocycles. The molecule has 0 aliphatic heterocycles. The van der Waals surface area contributed by atoms with E-state index in [-0.39, 0.29) is 5.91 Å². The number of thiocarbonyl (C=S) groups is 1. The highest BCUT2D eigenvalue weighted by atomic mass is 32.1. The molecular formula is C14H14N4OS. The summed E-state index contributed by atoms with van der Waals surface area (Å²) in [5, 5.41) is 0. The Morgan fingerprint density at radius 3 is 2.30 bits per heavy atom. The van der Waals surface area contributed by atoms with Gasteiger partial charge < -0.3 is 0 Å². The van der Waals surface area contributed by atoms with Crippen LogP contribution in [0.2, 0.25) is 0 Å². The highest BCUT2D eigenvalue weighted by Gasteiger charge is 2.04. The molecule has 6 heteroatoms. The normalized spacial score (nSPS) is 9.85. The zero-order valence-electron chi connectivity index (χ0n) is 10.9. The van der Waals surface area contributed by atoms with Gasteiger partial charge in [0, 0.05) is 23.5 Å². The summed E-state index contributed by atoms with van der Waals surface area (Å²) in [6.45, 7) is 2.01. The zero-order valence-corrected chi connectivity index (χ0v) is 11.7. The van der Waals surface area contributed by atoms with Crippen molar-refractivity contribution in [3.63, 3.8) is 0 Å². The maximum Gasteiger partial charge on any atom is 0.266 e. The van der Waals surface area contributed by atoms with E-state index >= 15 is 0 Å². The van der Waals surface area contributed by atoms with Crippen LogP contribution in [0.1, 0.15) is 21.5 Å². The number of hydrogen-bond donors (Lipinski definition) is 3. The molecule has 1 aromatic heterocycles. The van der Waals surface area contributed by atoms with E-state index in [4.69, 9.17) is 12.2 Å². The average molecular weight is 286 g/mol. The Morgan fingerprint density at radius 1 is 1.00 bits per heavy atom. The van der Waals surface area contributed by atoms with E-state index in [0.717, 1.165) is 11.1 Å².